The van der Waals surface area contributed by atoms with Crippen molar-refractivity contribution in [1.82, 2.24) is 9.80 Å². The second-order valence-electron chi connectivity index (χ2n) is 5.81. The summed E-state index contributed by atoms with van der Waals surface area (Å²) in [5.74, 6) is 0.834. The molecule has 0 unspecified atom stereocenters. The van der Waals surface area contributed by atoms with Crippen LogP contribution in [0.15, 0.2) is 18.2 Å². The van der Waals surface area contributed by atoms with Gasteiger partial charge in [-0.05, 0) is 36.6 Å². The largest absolute Gasteiger partial charge is 0.334 e. The second-order valence-corrected chi connectivity index (χ2v) is 6.81. The van der Waals surface area contributed by atoms with Crippen molar-refractivity contribution in [3.63, 3.8) is 0 Å². The summed E-state index contributed by atoms with van der Waals surface area (Å²) in [6.07, 6.45) is 0.728. The van der Waals surface area contributed by atoms with Gasteiger partial charge in [-0.1, -0.05) is 6.07 Å². The van der Waals surface area contributed by atoms with E-state index in [4.69, 9.17) is 0 Å². The Kier molecular flexibility index (Phi) is 4.12. The predicted octanol–water partition coefficient (Wildman–Crippen LogP) is 2.19. The van der Waals surface area contributed by atoms with Crippen LogP contribution in [-0.4, -0.2) is 45.8 Å². The average molecular weight is 322 g/mol. The fourth-order valence-electron chi connectivity index (χ4n) is 3.23. The molecule has 2 heterocycles. The first kappa shape index (κ1) is 15.3. The highest BCUT2D eigenvalue weighted by Gasteiger charge is 2.38. The summed E-state index contributed by atoms with van der Waals surface area (Å²) in [7, 11) is 0. The van der Waals surface area contributed by atoms with Gasteiger partial charge >= 0.3 is 0 Å². The Morgan fingerprint density at radius 1 is 1.32 bits per heavy atom. The summed E-state index contributed by atoms with van der Waals surface area (Å²) in [4.78, 5) is 27.9. The minimum absolute atomic E-state index is 0.0254. The zero-order chi connectivity index (χ0) is 15.9. The molecule has 2 aliphatic rings. The molecule has 1 fully saturated rings. The Hall–Kier alpha value is -1.56. The molecule has 0 saturated carbocycles. The number of carbonyl (C=O) groups is 2. The number of halogens is 1. The van der Waals surface area contributed by atoms with Crippen LogP contribution in [0.25, 0.3) is 0 Å². The highest BCUT2D eigenvalue weighted by Crippen LogP contribution is 2.32. The molecule has 0 aliphatic carbocycles. The fraction of sp³-hybridized carbons (Fsp3) is 0.500. The lowest BCUT2D eigenvalue weighted by molar-refractivity contribution is -0.144. The monoisotopic (exact) mass is 322 g/mol. The molecular formula is C16H19FN2O2S. The first-order valence-corrected chi connectivity index (χ1v) is 8.58. The molecule has 3 rings (SSSR count). The Bertz CT molecular complexity index is 622. The van der Waals surface area contributed by atoms with Crippen LogP contribution in [0.2, 0.25) is 0 Å². The number of hydrogen-bond acceptors (Lipinski definition) is 3. The number of hydrogen-bond donors (Lipinski definition) is 0. The molecule has 0 spiro atoms. The van der Waals surface area contributed by atoms with Crippen molar-refractivity contribution in [3.8, 4) is 0 Å². The molecule has 6 heteroatoms. The van der Waals surface area contributed by atoms with Crippen LogP contribution in [0, 0.1) is 5.82 Å². The molecule has 0 N–H and O–H groups in total. The number of amides is 2. The van der Waals surface area contributed by atoms with Gasteiger partial charge in [0.15, 0.2) is 0 Å². The highest BCUT2D eigenvalue weighted by atomic mass is 32.2. The zero-order valence-corrected chi connectivity index (χ0v) is 13.5. The molecule has 1 aromatic carbocycles. The topological polar surface area (TPSA) is 40.6 Å². The van der Waals surface area contributed by atoms with Crippen molar-refractivity contribution in [2.45, 2.75) is 32.4 Å². The van der Waals surface area contributed by atoms with Gasteiger partial charge in [0.1, 0.15) is 11.9 Å². The molecule has 2 amide bonds. The molecule has 0 radical (unpaired) electrons. The minimum atomic E-state index is -0.389. The maximum Gasteiger partial charge on any atom is 0.246 e. The molecule has 118 valence electrons. The van der Waals surface area contributed by atoms with E-state index in [0.29, 0.717) is 18.2 Å². The van der Waals surface area contributed by atoms with E-state index in [1.807, 2.05) is 6.92 Å². The van der Waals surface area contributed by atoms with Gasteiger partial charge in [0.05, 0.1) is 11.9 Å². The Balaban J connectivity index is 1.84. The third-order valence-electron chi connectivity index (χ3n) is 4.50. The van der Waals surface area contributed by atoms with E-state index < -0.39 is 0 Å². The van der Waals surface area contributed by atoms with Gasteiger partial charge in [0.25, 0.3) is 0 Å². The van der Waals surface area contributed by atoms with Gasteiger partial charge in [-0.3, -0.25) is 9.59 Å². The zero-order valence-electron chi connectivity index (χ0n) is 12.7. The third-order valence-corrected chi connectivity index (χ3v) is 5.51. The van der Waals surface area contributed by atoms with E-state index in [0.717, 1.165) is 17.5 Å². The average Bonchev–Trinajstić information content (AvgIpc) is 2.97. The van der Waals surface area contributed by atoms with Crippen molar-refractivity contribution < 1.29 is 14.0 Å². The van der Waals surface area contributed by atoms with Crippen molar-refractivity contribution in [2.75, 3.05) is 18.2 Å². The van der Waals surface area contributed by atoms with E-state index in [1.165, 1.54) is 19.1 Å². The third kappa shape index (κ3) is 2.60. The Morgan fingerprint density at radius 3 is 2.82 bits per heavy atom. The lowest BCUT2D eigenvalue weighted by atomic mass is 9.93. The highest BCUT2D eigenvalue weighted by molar-refractivity contribution is 7.99. The van der Waals surface area contributed by atoms with Gasteiger partial charge in [-0.2, -0.15) is 0 Å². The van der Waals surface area contributed by atoms with Crippen molar-refractivity contribution >= 4 is 23.6 Å². The van der Waals surface area contributed by atoms with E-state index in [2.05, 4.69) is 0 Å². The van der Waals surface area contributed by atoms with Crippen molar-refractivity contribution in [2.24, 2.45) is 0 Å². The summed E-state index contributed by atoms with van der Waals surface area (Å²) in [6, 6.07) is 4.24. The van der Waals surface area contributed by atoms with Gasteiger partial charge < -0.3 is 9.80 Å². The van der Waals surface area contributed by atoms with E-state index >= 15 is 0 Å². The number of rotatable bonds is 1. The molecule has 1 saturated heterocycles. The summed E-state index contributed by atoms with van der Waals surface area (Å²) >= 11 is 1.60. The predicted molar refractivity (Wildman–Crippen MR) is 83.9 cm³/mol. The van der Waals surface area contributed by atoms with E-state index in [9.17, 15) is 14.0 Å². The quantitative estimate of drug-likeness (QED) is 0.796. The van der Waals surface area contributed by atoms with Crippen molar-refractivity contribution in [3.05, 3.63) is 35.1 Å². The SMILES string of the molecule is CC(=O)N1CSC[C@@H]1C(=O)N1CCc2ccc(F)cc2[C@@H]1C. The molecule has 2 aliphatic heterocycles. The normalized spacial score (nSPS) is 24.3. The molecule has 0 aromatic heterocycles. The van der Waals surface area contributed by atoms with Crippen LogP contribution in [0.3, 0.4) is 0 Å². The second kappa shape index (κ2) is 5.91. The number of benzene rings is 1. The van der Waals surface area contributed by atoms with Crippen LogP contribution >= 0.6 is 11.8 Å². The lowest BCUT2D eigenvalue weighted by Gasteiger charge is -2.38. The number of thioether (sulfide) groups is 1. The van der Waals surface area contributed by atoms with Crippen LogP contribution < -0.4 is 0 Å². The smallest absolute Gasteiger partial charge is 0.246 e. The number of nitrogens with zero attached hydrogens (tertiary/aromatic N) is 2. The van der Waals surface area contributed by atoms with Gasteiger partial charge in [-0.15, -0.1) is 11.8 Å². The van der Waals surface area contributed by atoms with Crippen LogP contribution in [0.5, 0.6) is 0 Å². The number of carbonyl (C=O) groups excluding carboxylic acids is 2. The van der Waals surface area contributed by atoms with E-state index in [-0.39, 0.29) is 29.7 Å². The summed E-state index contributed by atoms with van der Waals surface area (Å²) < 4.78 is 13.5. The summed E-state index contributed by atoms with van der Waals surface area (Å²) in [5.41, 5.74) is 1.97. The minimum Gasteiger partial charge on any atom is -0.334 e. The molecule has 2 atom stereocenters. The molecule has 4 nitrogen and oxygen atoms in total. The molecule has 0 bridgehead atoms. The number of fused-ring (bicyclic) bond motifs is 1. The first-order chi connectivity index (χ1) is 10.5. The van der Waals surface area contributed by atoms with Crippen LogP contribution in [0.4, 0.5) is 4.39 Å². The van der Waals surface area contributed by atoms with Gasteiger partial charge in [0, 0.05) is 19.2 Å². The van der Waals surface area contributed by atoms with Gasteiger partial charge in [0.2, 0.25) is 11.8 Å². The van der Waals surface area contributed by atoms with Crippen molar-refractivity contribution in [1.29, 1.82) is 0 Å². The van der Waals surface area contributed by atoms with Crippen LogP contribution in [0.1, 0.15) is 31.0 Å². The lowest BCUT2D eigenvalue weighted by Crippen LogP contribution is -2.50. The van der Waals surface area contributed by atoms with Crippen LogP contribution in [-0.2, 0) is 16.0 Å². The molecule has 1 aromatic rings. The molecular weight excluding hydrogens is 303 g/mol. The summed E-state index contributed by atoms with van der Waals surface area (Å²) in [5, 5.41) is 0. The molecule has 22 heavy (non-hydrogen) atoms. The van der Waals surface area contributed by atoms with E-state index in [1.54, 1.807) is 27.6 Å². The Labute approximate surface area is 133 Å². The standard InChI is InChI=1S/C16H19FN2O2S/c1-10-14-7-13(17)4-3-12(14)5-6-18(10)16(21)15-8-22-9-19(15)11(2)20/h3-4,7,10,15H,5-6,8-9H2,1-2H3/t10-,15+/m0/s1. The summed E-state index contributed by atoms with van der Waals surface area (Å²) in [6.45, 7) is 4.04. The first-order valence-electron chi connectivity index (χ1n) is 7.43. The Morgan fingerprint density at radius 2 is 2.09 bits per heavy atom. The maximum atomic E-state index is 13.5. The maximum absolute atomic E-state index is 13.5. The fourth-order valence-corrected chi connectivity index (χ4v) is 4.44. The van der Waals surface area contributed by atoms with Gasteiger partial charge in [-0.25, -0.2) is 4.39 Å².